The Balaban J connectivity index is 2.00. The molecular weight excluding hydrogens is 272 g/mol. The number of para-hydroxylation sites is 2. The molecule has 1 unspecified atom stereocenters. The smallest absolute Gasteiger partial charge is 0.267 e. The van der Waals surface area contributed by atoms with E-state index in [-0.39, 0.29) is 12.5 Å². The maximum atomic E-state index is 12.5. The van der Waals surface area contributed by atoms with Crippen LogP contribution in [-0.2, 0) is 9.53 Å². The first kappa shape index (κ1) is 15.6. The summed E-state index contributed by atoms with van der Waals surface area (Å²) >= 11 is 0. The molecule has 21 heavy (non-hydrogen) atoms. The first-order valence-corrected chi connectivity index (χ1v) is 7.12. The Kier molecular flexibility index (Phi) is 5.83. The fourth-order valence-corrected chi connectivity index (χ4v) is 2.16. The second kappa shape index (κ2) is 7.85. The van der Waals surface area contributed by atoms with E-state index < -0.39 is 6.10 Å². The third-order valence-electron chi connectivity index (χ3n) is 3.29. The highest BCUT2D eigenvalue weighted by Gasteiger charge is 2.30. The van der Waals surface area contributed by atoms with E-state index in [9.17, 15) is 4.79 Å². The van der Waals surface area contributed by atoms with E-state index in [4.69, 9.17) is 19.9 Å². The molecule has 2 N–H and O–H groups in total. The van der Waals surface area contributed by atoms with Crippen LogP contribution in [0.1, 0.15) is 6.42 Å². The number of nitrogens with zero attached hydrogens (tertiary/aromatic N) is 1. The molecule has 6 heteroatoms. The summed E-state index contributed by atoms with van der Waals surface area (Å²) in [6, 6.07) is 7.35. The highest BCUT2D eigenvalue weighted by molar-refractivity contribution is 5.82. The topological polar surface area (TPSA) is 74.0 Å². The van der Waals surface area contributed by atoms with Crippen molar-refractivity contribution in [2.75, 3.05) is 40.0 Å². The van der Waals surface area contributed by atoms with Crippen molar-refractivity contribution in [1.29, 1.82) is 0 Å². The lowest BCUT2D eigenvalue weighted by Gasteiger charge is -2.30. The number of carbonyl (C=O) groups is 1. The zero-order valence-electron chi connectivity index (χ0n) is 12.3. The fourth-order valence-electron chi connectivity index (χ4n) is 2.16. The molecule has 1 amide bonds. The standard InChI is InChI=1S/C15H22N2O4/c1-19-10-9-17(8-4-7-16)15(18)14-11-20-12-5-2-3-6-13(12)21-14/h2-3,5-6,14H,4,7-11,16H2,1H3. The average molecular weight is 294 g/mol. The van der Waals surface area contributed by atoms with E-state index in [0.29, 0.717) is 37.7 Å². The molecule has 0 aromatic heterocycles. The minimum atomic E-state index is -0.616. The van der Waals surface area contributed by atoms with E-state index in [1.165, 1.54) is 0 Å². The summed E-state index contributed by atoms with van der Waals surface area (Å²) in [5.74, 6) is 1.19. The summed E-state index contributed by atoms with van der Waals surface area (Å²) < 4.78 is 16.4. The van der Waals surface area contributed by atoms with Crippen LogP contribution in [0.5, 0.6) is 11.5 Å². The third kappa shape index (κ3) is 4.09. The minimum Gasteiger partial charge on any atom is -0.485 e. The molecule has 0 saturated heterocycles. The number of benzene rings is 1. The molecule has 1 atom stereocenters. The van der Waals surface area contributed by atoms with E-state index >= 15 is 0 Å². The number of ether oxygens (including phenoxy) is 3. The number of hydrogen-bond donors (Lipinski definition) is 1. The first-order chi connectivity index (χ1) is 10.3. The second-order valence-electron chi connectivity index (χ2n) is 4.82. The van der Waals surface area contributed by atoms with E-state index in [1.54, 1.807) is 18.1 Å². The van der Waals surface area contributed by atoms with Gasteiger partial charge in [-0.1, -0.05) is 12.1 Å². The lowest BCUT2D eigenvalue weighted by Crippen LogP contribution is -2.48. The van der Waals surface area contributed by atoms with Crippen molar-refractivity contribution in [3.63, 3.8) is 0 Å². The van der Waals surface area contributed by atoms with Gasteiger partial charge in [0, 0.05) is 20.2 Å². The van der Waals surface area contributed by atoms with Crippen molar-refractivity contribution < 1.29 is 19.0 Å². The summed E-state index contributed by atoms with van der Waals surface area (Å²) in [7, 11) is 1.61. The normalized spacial score (nSPS) is 16.6. The van der Waals surface area contributed by atoms with Gasteiger partial charge in [-0.3, -0.25) is 4.79 Å². The van der Waals surface area contributed by atoms with Crippen molar-refractivity contribution in [2.24, 2.45) is 5.73 Å². The van der Waals surface area contributed by atoms with Crippen LogP contribution in [0.2, 0.25) is 0 Å². The number of methoxy groups -OCH3 is 1. The Morgan fingerprint density at radius 1 is 1.38 bits per heavy atom. The zero-order chi connectivity index (χ0) is 15.1. The summed E-state index contributed by atoms with van der Waals surface area (Å²) in [5, 5.41) is 0. The van der Waals surface area contributed by atoms with Crippen molar-refractivity contribution in [2.45, 2.75) is 12.5 Å². The highest BCUT2D eigenvalue weighted by atomic mass is 16.6. The van der Waals surface area contributed by atoms with Crippen LogP contribution in [0.4, 0.5) is 0 Å². The molecule has 1 aliphatic rings. The molecule has 1 aliphatic heterocycles. The van der Waals surface area contributed by atoms with Gasteiger partial charge in [0.25, 0.3) is 5.91 Å². The first-order valence-electron chi connectivity index (χ1n) is 7.12. The van der Waals surface area contributed by atoms with Gasteiger partial charge in [-0.05, 0) is 25.1 Å². The number of fused-ring (bicyclic) bond motifs is 1. The van der Waals surface area contributed by atoms with Gasteiger partial charge in [0.1, 0.15) is 6.61 Å². The van der Waals surface area contributed by atoms with Gasteiger partial charge >= 0.3 is 0 Å². The molecule has 6 nitrogen and oxygen atoms in total. The van der Waals surface area contributed by atoms with Crippen LogP contribution >= 0.6 is 0 Å². The van der Waals surface area contributed by atoms with E-state index in [0.717, 1.165) is 6.42 Å². The molecular formula is C15H22N2O4. The van der Waals surface area contributed by atoms with Gasteiger partial charge < -0.3 is 24.8 Å². The van der Waals surface area contributed by atoms with Gasteiger partial charge in [0.05, 0.1) is 6.61 Å². The van der Waals surface area contributed by atoms with Crippen molar-refractivity contribution >= 4 is 5.91 Å². The zero-order valence-corrected chi connectivity index (χ0v) is 12.3. The molecule has 1 aromatic rings. The molecule has 0 bridgehead atoms. The van der Waals surface area contributed by atoms with Gasteiger partial charge in [-0.15, -0.1) is 0 Å². The Morgan fingerprint density at radius 3 is 2.86 bits per heavy atom. The quantitative estimate of drug-likeness (QED) is 0.799. The predicted octanol–water partition coefficient (Wildman–Crippen LogP) is 0.650. The Labute approximate surface area is 124 Å². The molecule has 1 aromatic carbocycles. The van der Waals surface area contributed by atoms with Crippen LogP contribution in [0.3, 0.4) is 0 Å². The van der Waals surface area contributed by atoms with Gasteiger partial charge in [-0.2, -0.15) is 0 Å². The summed E-state index contributed by atoms with van der Waals surface area (Å²) in [6.45, 7) is 2.38. The molecule has 2 rings (SSSR count). The van der Waals surface area contributed by atoms with Crippen LogP contribution < -0.4 is 15.2 Å². The maximum Gasteiger partial charge on any atom is 0.267 e. The average Bonchev–Trinajstić information content (AvgIpc) is 2.54. The van der Waals surface area contributed by atoms with Crippen molar-refractivity contribution in [1.82, 2.24) is 4.90 Å². The Morgan fingerprint density at radius 2 is 2.14 bits per heavy atom. The number of carbonyl (C=O) groups excluding carboxylic acids is 1. The maximum absolute atomic E-state index is 12.5. The molecule has 1 heterocycles. The lowest BCUT2D eigenvalue weighted by atomic mass is 10.2. The summed E-state index contributed by atoms with van der Waals surface area (Å²) in [4.78, 5) is 14.3. The van der Waals surface area contributed by atoms with Crippen molar-refractivity contribution in [3.8, 4) is 11.5 Å². The highest BCUT2D eigenvalue weighted by Crippen LogP contribution is 2.31. The molecule has 0 aliphatic carbocycles. The molecule has 0 fully saturated rings. The van der Waals surface area contributed by atoms with Crippen LogP contribution in [0, 0.1) is 0 Å². The molecule has 0 radical (unpaired) electrons. The monoisotopic (exact) mass is 294 g/mol. The largest absolute Gasteiger partial charge is 0.485 e. The number of nitrogens with two attached hydrogens (primary N) is 1. The van der Waals surface area contributed by atoms with Gasteiger partial charge in [0.2, 0.25) is 6.10 Å². The SMILES string of the molecule is COCCN(CCCN)C(=O)C1COc2ccccc2O1. The lowest BCUT2D eigenvalue weighted by molar-refractivity contribution is -0.141. The molecule has 0 saturated carbocycles. The van der Waals surface area contributed by atoms with Crippen LogP contribution in [0.25, 0.3) is 0 Å². The number of amides is 1. The Bertz CT molecular complexity index is 459. The number of hydrogen-bond acceptors (Lipinski definition) is 5. The second-order valence-corrected chi connectivity index (χ2v) is 4.82. The van der Waals surface area contributed by atoms with Crippen LogP contribution in [-0.4, -0.2) is 56.9 Å². The number of rotatable bonds is 7. The van der Waals surface area contributed by atoms with Crippen LogP contribution in [0.15, 0.2) is 24.3 Å². The van der Waals surface area contributed by atoms with Gasteiger partial charge in [0.15, 0.2) is 11.5 Å². The fraction of sp³-hybridized carbons (Fsp3) is 0.533. The summed E-state index contributed by atoms with van der Waals surface area (Å²) in [5.41, 5.74) is 5.52. The third-order valence-corrected chi connectivity index (χ3v) is 3.29. The van der Waals surface area contributed by atoms with Crippen molar-refractivity contribution in [3.05, 3.63) is 24.3 Å². The summed E-state index contributed by atoms with van der Waals surface area (Å²) in [6.07, 6.45) is 0.133. The van der Waals surface area contributed by atoms with E-state index in [2.05, 4.69) is 0 Å². The minimum absolute atomic E-state index is 0.0880. The predicted molar refractivity (Wildman–Crippen MR) is 78.5 cm³/mol. The Hall–Kier alpha value is -1.79. The van der Waals surface area contributed by atoms with Gasteiger partial charge in [-0.25, -0.2) is 0 Å². The molecule has 116 valence electrons. The van der Waals surface area contributed by atoms with E-state index in [1.807, 2.05) is 18.2 Å². The molecule has 0 spiro atoms.